The van der Waals surface area contributed by atoms with E-state index in [1.165, 1.54) is 0 Å². The van der Waals surface area contributed by atoms with Gasteiger partial charge in [0.1, 0.15) is 0 Å². The van der Waals surface area contributed by atoms with Crippen LogP contribution in [0.2, 0.25) is 0 Å². The van der Waals surface area contributed by atoms with Crippen molar-refractivity contribution in [3.8, 4) is 0 Å². The lowest BCUT2D eigenvalue weighted by Crippen LogP contribution is -2.51. The van der Waals surface area contributed by atoms with Gasteiger partial charge in [-0.2, -0.15) is 0 Å². The number of aliphatic hydroxyl groups is 2. The van der Waals surface area contributed by atoms with E-state index in [2.05, 4.69) is 4.90 Å². The Kier molecular flexibility index (Phi) is 3.06. The largest absolute Gasteiger partial charge is 0.389 e. The highest BCUT2D eigenvalue weighted by Crippen LogP contribution is 2.31. The molecular formula is C12H23NO2. The number of hydrogen-bond acceptors (Lipinski definition) is 3. The van der Waals surface area contributed by atoms with E-state index < -0.39 is 11.2 Å². The van der Waals surface area contributed by atoms with Crippen molar-refractivity contribution in [2.24, 2.45) is 0 Å². The summed E-state index contributed by atoms with van der Waals surface area (Å²) in [5.41, 5.74) is -1.01. The molecule has 0 aromatic carbocycles. The molecule has 1 heterocycles. The van der Waals surface area contributed by atoms with E-state index in [0.29, 0.717) is 0 Å². The normalized spacial score (nSPS) is 37.0. The Morgan fingerprint density at radius 2 is 1.73 bits per heavy atom. The fraction of sp³-hybridized carbons (Fsp3) is 1.00. The van der Waals surface area contributed by atoms with Gasteiger partial charge in [0.25, 0.3) is 0 Å². The van der Waals surface area contributed by atoms with E-state index in [0.717, 1.165) is 58.2 Å². The van der Waals surface area contributed by atoms with Crippen LogP contribution in [0.25, 0.3) is 0 Å². The molecule has 1 saturated carbocycles. The molecule has 0 amide bonds. The predicted octanol–water partition coefficient (Wildman–Crippen LogP) is 1.14. The standard InChI is InChI=1S/C12H23NO2/c1-11(14)5-4-8-13(9-11)10-12(15)6-2-3-7-12/h14-15H,2-10H2,1H3. The summed E-state index contributed by atoms with van der Waals surface area (Å²) < 4.78 is 0. The molecule has 0 aromatic rings. The van der Waals surface area contributed by atoms with Crippen LogP contribution in [0.3, 0.4) is 0 Å². The molecule has 2 rings (SSSR count). The molecule has 1 aliphatic heterocycles. The van der Waals surface area contributed by atoms with Gasteiger partial charge in [0.05, 0.1) is 11.2 Å². The Hall–Kier alpha value is -0.120. The third-order valence-electron chi connectivity index (χ3n) is 3.81. The molecule has 15 heavy (non-hydrogen) atoms. The maximum Gasteiger partial charge on any atom is 0.0774 e. The van der Waals surface area contributed by atoms with E-state index in [9.17, 15) is 10.2 Å². The third kappa shape index (κ3) is 2.92. The first-order valence-electron chi connectivity index (χ1n) is 6.16. The van der Waals surface area contributed by atoms with Crippen LogP contribution in [0.5, 0.6) is 0 Å². The molecule has 2 fully saturated rings. The predicted molar refractivity (Wildman–Crippen MR) is 59.7 cm³/mol. The zero-order chi connectivity index (χ0) is 10.9. The third-order valence-corrected chi connectivity index (χ3v) is 3.81. The average molecular weight is 213 g/mol. The van der Waals surface area contributed by atoms with E-state index in [1.54, 1.807) is 0 Å². The first-order chi connectivity index (χ1) is 6.99. The van der Waals surface area contributed by atoms with Crippen LogP contribution in [-0.2, 0) is 0 Å². The number of hydrogen-bond donors (Lipinski definition) is 2. The summed E-state index contributed by atoms with van der Waals surface area (Å²) in [6, 6.07) is 0. The van der Waals surface area contributed by atoms with Gasteiger partial charge in [-0.25, -0.2) is 0 Å². The molecule has 3 heteroatoms. The summed E-state index contributed by atoms with van der Waals surface area (Å²) in [7, 11) is 0. The van der Waals surface area contributed by atoms with Crippen molar-refractivity contribution >= 4 is 0 Å². The lowest BCUT2D eigenvalue weighted by Gasteiger charge is -2.40. The van der Waals surface area contributed by atoms with Crippen LogP contribution < -0.4 is 0 Å². The van der Waals surface area contributed by atoms with Crippen molar-refractivity contribution in [3.63, 3.8) is 0 Å². The number of likely N-dealkylation sites (tertiary alicyclic amines) is 1. The van der Waals surface area contributed by atoms with E-state index >= 15 is 0 Å². The van der Waals surface area contributed by atoms with Crippen LogP contribution in [0.4, 0.5) is 0 Å². The van der Waals surface area contributed by atoms with Crippen molar-refractivity contribution < 1.29 is 10.2 Å². The summed E-state index contributed by atoms with van der Waals surface area (Å²) in [5, 5.41) is 20.3. The highest BCUT2D eigenvalue weighted by molar-refractivity contribution is 4.91. The van der Waals surface area contributed by atoms with Crippen molar-refractivity contribution in [3.05, 3.63) is 0 Å². The van der Waals surface area contributed by atoms with Crippen LogP contribution in [0, 0.1) is 0 Å². The molecule has 0 aromatic heterocycles. The summed E-state index contributed by atoms with van der Waals surface area (Å²) in [6.07, 6.45) is 6.11. The second kappa shape index (κ2) is 4.04. The van der Waals surface area contributed by atoms with Gasteiger partial charge in [0.15, 0.2) is 0 Å². The maximum atomic E-state index is 10.3. The summed E-state index contributed by atoms with van der Waals surface area (Å²) in [4.78, 5) is 2.23. The topological polar surface area (TPSA) is 43.7 Å². The van der Waals surface area contributed by atoms with Crippen molar-refractivity contribution in [1.82, 2.24) is 4.90 Å². The van der Waals surface area contributed by atoms with Gasteiger partial charge in [-0.15, -0.1) is 0 Å². The Morgan fingerprint density at radius 3 is 2.33 bits per heavy atom. The van der Waals surface area contributed by atoms with Gasteiger partial charge in [0, 0.05) is 13.1 Å². The molecule has 1 saturated heterocycles. The monoisotopic (exact) mass is 213 g/mol. The fourth-order valence-electron chi connectivity index (χ4n) is 3.07. The van der Waals surface area contributed by atoms with Crippen molar-refractivity contribution in [1.29, 1.82) is 0 Å². The highest BCUT2D eigenvalue weighted by Gasteiger charge is 2.36. The molecular weight excluding hydrogens is 190 g/mol. The van der Waals surface area contributed by atoms with E-state index in [1.807, 2.05) is 6.92 Å². The molecule has 0 bridgehead atoms. The van der Waals surface area contributed by atoms with Crippen LogP contribution in [0.15, 0.2) is 0 Å². The highest BCUT2D eigenvalue weighted by atomic mass is 16.3. The second-order valence-corrected chi connectivity index (χ2v) is 5.74. The zero-order valence-electron chi connectivity index (χ0n) is 9.71. The Labute approximate surface area is 92.1 Å². The fourth-order valence-corrected chi connectivity index (χ4v) is 3.07. The molecule has 0 radical (unpaired) electrons. The Morgan fingerprint density at radius 1 is 1.07 bits per heavy atom. The SMILES string of the molecule is CC1(O)CCCN(CC2(O)CCCC2)C1. The lowest BCUT2D eigenvalue weighted by molar-refractivity contribution is -0.0521. The number of piperidine rings is 1. The molecule has 3 nitrogen and oxygen atoms in total. The average Bonchev–Trinajstić information content (AvgIpc) is 2.49. The van der Waals surface area contributed by atoms with Crippen molar-refractivity contribution in [2.45, 2.75) is 56.7 Å². The molecule has 88 valence electrons. The minimum Gasteiger partial charge on any atom is -0.389 e. The zero-order valence-corrected chi connectivity index (χ0v) is 9.71. The van der Waals surface area contributed by atoms with Crippen LogP contribution >= 0.6 is 0 Å². The molecule has 1 atom stereocenters. The summed E-state index contributed by atoms with van der Waals surface area (Å²) in [5.74, 6) is 0. The Balaban J connectivity index is 1.88. The molecule has 0 spiro atoms. The Bertz CT molecular complexity index is 222. The number of nitrogens with zero attached hydrogens (tertiary/aromatic N) is 1. The molecule has 1 aliphatic carbocycles. The van der Waals surface area contributed by atoms with Gasteiger partial charge < -0.3 is 10.2 Å². The number of β-amino-alcohol motifs (C(OH)–C–C–N with tert-alkyl or cyclic N) is 2. The van der Waals surface area contributed by atoms with Crippen LogP contribution in [-0.4, -0.2) is 45.9 Å². The van der Waals surface area contributed by atoms with Gasteiger partial charge >= 0.3 is 0 Å². The van der Waals surface area contributed by atoms with Gasteiger partial charge in [-0.1, -0.05) is 12.8 Å². The molecule has 2 aliphatic rings. The second-order valence-electron chi connectivity index (χ2n) is 5.74. The van der Waals surface area contributed by atoms with E-state index in [-0.39, 0.29) is 0 Å². The first-order valence-corrected chi connectivity index (χ1v) is 6.16. The number of rotatable bonds is 2. The quantitative estimate of drug-likeness (QED) is 0.723. The van der Waals surface area contributed by atoms with Gasteiger partial charge in [-0.3, -0.25) is 4.90 Å². The summed E-state index contributed by atoms with van der Waals surface area (Å²) in [6.45, 7) is 4.40. The molecule has 1 unspecified atom stereocenters. The smallest absolute Gasteiger partial charge is 0.0774 e. The van der Waals surface area contributed by atoms with Crippen molar-refractivity contribution in [2.75, 3.05) is 19.6 Å². The van der Waals surface area contributed by atoms with Crippen LogP contribution in [0.1, 0.15) is 45.4 Å². The van der Waals surface area contributed by atoms with Gasteiger partial charge in [-0.05, 0) is 39.2 Å². The lowest BCUT2D eigenvalue weighted by atomic mass is 9.93. The molecule has 2 N–H and O–H groups in total. The maximum absolute atomic E-state index is 10.3. The van der Waals surface area contributed by atoms with E-state index in [4.69, 9.17) is 0 Å². The summed E-state index contributed by atoms with van der Waals surface area (Å²) >= 11 is 0. The van der Waals surface area contributed by atoms with Gasteiger partial charge in [0.2, 0.25) is 0 Å². The minimum absolute atomic E-state index is 0.465. The first kappa shape index (κ1) is 11.4. The minimum atomic E-state index is -0.548.